The van der Waals surface area contributed by atoms with Crippen molar-refractivity contribution >= 4 is 11.6 Å². The minimum atomic E-state index is 0.0689. The van der Waals surface area contributed by atoms with Crippen LogP contribution in [0, 0.1) is 20.8 Å². The molecule has 2 aromatic rings. The smallest absolute Gasteiger partial charge is 0.224 e. The fraction of sp³-hybridized carbons (Fsp3) is 0.350. The highest BCUT2D eigenvalue weighted by Crippen LogP contribution is 2.19. The number of nitrogens with one attached hydrogen (secondary N) is 1. The van der Waals surface area contributed by atoms with Gasteiger partial charge < -0.3 is 10.1 Å². The molecular weight excluding hydrogens is 286 g/mol. The SMILES string of the molecule is COc1ccc(CCCC(=O)Nc2ccc(C)c(C)c2)c(C)c1. The van der Waals surface area contributed by atoms with Crippen molar-refractivity contribution < 1.29 is 9.53 Å². The van der Waals surface area contributed by atoms with Crippen LogP contribution in [0.5, 0.6) is 5.75 Å². The zero-order chi connectivity index (χ0) is 16.8. The first-order valence-corrected chi connectivity index (χ1v) is 8.00. The van der Waals surface area contributed by atoms with Gasteiger partial charge in [-0.1, -0.05) is 12.1 Å². The Hall–Kier alpha value is -2.29. The van der Waals surface area contributed by atoms with Crippen molar-refractivity contribution in [1.29, 1.82) is 0 Å². The predicted molar refractivity (Wildman–Crippen MR) is 95.2 cm³/mol. The molecule has 3 nitrogen and oxygen atoms in total. The third-order valence-electron chi connectivity index (χ3n) is 4.19. The summed E-state index contributed by atoms with van der Waals surface area (Å²) in [6.07, 6.45) is 2.26. The molecule has 3 heteroatoms. The molecule has 0 radical (unpaired) electrons. The molecule has 1 amide bonds. The molecule has 0 aliphatic carbocycles. The van der Waals surface area contributed by atoms with Gasteiger partial charge in [0.25, 0.3) is 0 Å². The van der Waals surface area contributed by atoms with Crippen LogP contribution in [0.3, 0.4) is 0 Å². The molecule has 2 aromatic carbocycles. The summed E-state index contributed by atoms with van der Waals surface area (Å²) in [5, 5.41) is 2.97. The lowest BCUT2D eigenvalue weighted by Crippen LogP contribution is -2.11. The Morgan fingerprint density at radius 1 is 1.00 bits per heavy atom. The van der Waals surface area contributed by atoms with Crippen molar-refractivity contribution in [3.05, 3.63) is 58.7 Å². The number of hydrogen-bond acceptors (Lipinski definition) is 2. The standard InChI is InChI=1S/C20H25NO2/c1-14-8-10-18(12-15(14)2)21-20(22)7-5-6-17-9-11-19(23-4)13-16(17)3/h8-13H,5-7H2,1-4H3,(H,21,22). The maximum Gasteiger partial charge on any atom is 0.224 e. The van der Waals surface area contributed by atoms with Gasteiger partial charge in [0.05, 0.1) is 7.11 Å². The van der Waals surface area contributed by atoms with Gasteiger partial charge in [-0.3, -0.25) is 4.79 Å². The number of rotatable bonds is 6. The number of carbonyl (C=O) groups excluding carboxylic acids is 1. The van der Waals surface area contributed by atoms with E-state index in [4.69, 9.17) is 4.74 Å². The topological polar surface area (TPSA) is 38.3 Å². The van der Waals surface area contributed by atoms with E-state index in [-0.39, 0.29) is 5.91 Å². The Kier molecular flexibility index (Phi) is 5.80. The number of aryl methyl sites for hydroxylation is 4. The summed E-state index contributed by atoms with van der Waals surface area (Å²) >= 11 is 0. The van der Waals surface area contributed by atoms with Crippen molar-refractivity contribution in [1.82, 2.24) is 0 Å². The Morgan fingerprint density at radius 2 is 1.78 bits per heavy atom. The highest BCUT2D eigenvalue weighted by atomic mass is 16.5. The van der Waals surface area contributed by atoms with E-state index in [1.54, 1.807) is 7.11 Å². The Morgan fingerprint density at radius 3 is 2.43 bits per heavy atom. The number of ether oxygens (including phenoxy) is 1. The molecule has 0 spiro atoms. The molecule has 0 aliphatic heterocycles. The molecule has 0 aromatic heterocycles. The summed E-state index contributed by atoms with van der Waals surface area (Å²) in [5.74, 6) is 0.943. The van der Waals surface area contributed by atoms with Gasteiger partial charge in [-0.15, -0.1) is 0 Å². The molecule has 0 fully saturated rings. The fourth-order valence-electron chi connectivity index (χ4n) is 2.56. The number of anilines is 1. The van der Waals surface area contributed by atoms with Gasteiger partial charge in [0, 0.05) is 12.1 Å². The number of hydrogen-bond donors (Lipinski definition) is 1. The van der Waals surface area contributed by atoms with Crippen molar-refractivity contribution in [3.63, 3.8) is 0 Å². The van der Waals surface area contributed by atoms with E-state index in [0.29, 0.717) is 6.42 Å². The van der Waals surface area contributed by atoms with E-state index in [9.17, 15) is 4.79 Å². The normalized spacial score (nSPS) is 10.4. The lowest BCUT2D eigenvalue weighted by Gasteiger charge is -2.09. The minimum absolute atomic E-state index is 0.0689. The van der Waals surface area contributed by atoms with Crippen LogP contribution in [0.2, 0.25) is 0 Å². The monoisotopic (exact) mass is 311 g/mol. The van der Waals surface area contributed by atoms with Gasteiger partial charge >= 0.3 is 0 Å². The predicted octanol–water partition coefficient (Wildman–Crippen LogP) is 4.58. The molecule has 0 unspecified atom stereocenters. The average molecular weight is 311 g/mol. The first-order valence-electron chi connectivity index (χ1n) is 8.00. The van der Waals surface area contributed by atoms with Crippen LogP contribution < -0.4 is 10.1 Å². The summed E-state index contributed by atoms with van der Waals surface area (Å²) in [5.41, 5.74) is 5.78. The average Bonchev–Trinajstić information content (AvgIpc) is 2.52. The molecule has 0 aliphatic rings. The lowest BCUT2D eigenvalue weighted by molar-refractivity contribution is -0.116. The molecule has 2 rings (SSSR count). The van der Waals surface area contributed by atoms with Crippen LogP contribution in [0.15, 0.2) is 36.4 Å². The molecule has 122 valence electrons. The van der Waals surface area contributed by atoms with Crippen LogP contribution in [0.1, 0.15) is 35.1 Å². The fourth-order valence-corrected chi connectivity index (χ4v) is 2.56. The van der Waals surface area contributed by atoms with Gasteiger partial charge in [0.1, 0.15) is 5.75 Å². The van der Waals surface area contributed by atoms with E-state index in [1.807, 2.05) is 30.3 Å². The molecule has 0 heterocycles. The maximum absolute atomic E-state index is 12.1. The molecule has 0 saturated heterocycles. The third kappa shape index (κ3) is 4.85. The summed E-state index contributed by atoms with van der Waals surface area (Å²) < 4.78 is 5.21. The molecule has 1 N–H and O–H groups in total. The molecule has 0 saturated carbocycles. The molecular formula is C20H25NO2. The first-order chi connectivity index (χ1) is 11.0. The second-order valence-electron chi connectivity index (χ2n) is 5.99. The Labute approximate surface area is 138 Å². The highest BCUT2D eigenvalue weighted by molar-refractivity contribution is 5.90. The van der Waals surface area contributed by atoms with Gasteiger partial charge in [0.15, 0.2) is 0 Å². The number of methoxy groups -OCH3 is 1. The Bertz CT molecular complexity index is 692. The van der Waals surface area contributed by atoms with Gasteiger partial charge in [-0.2, -0.15) is 0 Å². The summed E-state index contributed by atoms with van der Waals surface area (Å²) in [4.78, 5) is 12.1. The van der Waals surface area contributed by atoms with Gasteiger partial charge in [-0.25, -0.2) is 0 Å². The third-order valence-corrected chi connectivity index (χ3v) is 4.19. The van der Waals surface area contributed by atoms with E-state index in [2.05, 4.69) is 32.2 Å². The van der Waals surface area contributed by atoms with E-state index in [1.165, 1.54) is 22.3 Å². The summed E-state index contributed by atoms with van der Waals surface area (Å²) in [7, 11) is 1.67. The second kappa shape index (κ2) is 7.82. The quantitative estimate of drug-likeness (QED) is 0.848. The largest absolute Gasteiger partial charge is 0.497 e. The van der Waals surface area contributed by atoms with Crippen LogP contribution >= 0.6 is 0 Å². The minimum Gasteiger partial charge on any atom is -0.497 e. The maximum atomic E-state index is 12.1. The first kappa shape index (κ1) is 17.1. The zero-order valence-corrected chi connectivity index (χ0v) is 14.4. The summed E-state index contributed by atoms with van der Waals surface area (Å²) in [6, 6.07) is 12.1. The highest BCUT2D eigenvalue weighted by Gasteiger charge is 2.05. The lowest BCUT2D eigenvalue weighted by atomic mass is 10.0. The van der Waals surface area contributed by atoms with Crippen LogP contribution in [-0.4, -0.2) is 13.0 Å². The molecule has 23 heavy (non-hydrogen) atoms. The van der Waals surface area contributed by atoms with Gasteiger partial charge in [-0.05, 0) is 80.1 Å². The van der Waals surface area contributed by atoms with Crippen molar-refractivity contribution in [2.24, 2.45) is 0 Å². The zero-order valence-electron chi connectivity index (χ0n) is 14.4. The van der Waals surface area contributed by atoms with Crippen molar-refractivity contribution in [2.75, 3.05) is 12.4 Å². The van der Waals surface area contributed by atoms with E-state index < -0.39 is 0 Å². The number of carbonyl (C=O) groups is 1. The second-order valence-corrected chi connectivity index (χ2v) is 5.99. The van der Waals surface area contributed by atoms with Crippen LogP contribution in [-0.2, 0) is 11.2 Å². The van der Waals surface area contributed by atoms with Crippen LogP contribution in [0.25, 0.3) is 0 Å². The summed E-state index contributed by atoms with van der Waals surface area (Å²) in [6.45, 7) is 6.20. The van der Waals surface area contributed by atoms with Crippen molar-refractivity contribution in [2.45, 2.75) is 40.0 Å². The molecule has 0 atom stereocenters. The Balaban J connectivity index is 1.84. The number of benzene rings is 2. The van der Waals surface area contributed by atoms with Crippen molar-refractivity contribution in [3.8, 4) is 5.75 Å². The molecule has 0 bridgehead atoms. The van der Waals surface area contributed by atoms with Crippen LogP contribution in [0.4, 0.5) is 5.69 Å². The number of amides is 1. The van der Waals surface area contributed by atoms with Gasteiger partial charge in [0.2, 0.25) is 5.91 Å². The van der Waals surface area contributed by atoms with E-state index >= 15 is 0 Å². The van der Waals surface area contributed by atoms with E-state index in [0.717, 1.165) is 24.3 Å².